The van der Waals surface area contributed by atoms with Crippen molar-refractivity contribution in [1.82, 2.24) is 9.80 Å². The first-order chi connectivity index (χ1) is 23.8. The van der Waals surface area contributed by atoms with Crippen molar-refractivity contribution in [2.45, 2.75) is 63.8 Å². The van der Waals surface area contributed by atoms with Crippen LogP contribution < -0.4 is 5.32 Å². The van der Waals surface area contributed by atoms with Gasteiger partial charge in [0.2, 0.25) is 6.10 Å². The van der Waals surface area contributed by atoms with Gasteiger partial charge in [-0.05, 0) is 86.7 Å². The third-order valence-electron chi connectivity index (χ3n) is 8.74. The van der Waals surface area contributed by atoms with E-state index in [-0.39, 0.29) is 29.3 Å². The predicted molar refractivity (Wildman–Crippen MR) is 184 cm³/mol. The third kappa shape index (κ3) is 7.07. The number of nitrogens with one attached hydrogen (secondary N) is 1. The molecular weight excluding hydrogens is 667 g/mol. The summed E-state index contributed by atoms with van der Waals surface area (Å²) in [7, 11) is 0. The summed E-state index contributed by atoms with van der Waals surface area (Å²) in [5, 5.41) is 16.7. The summed E-state index contributed by atoms with van der Waals surface area (Å²) < 4.78 is 20.2. The molecule has 260 valence electrons. The molecule has 3 aliphatic rings. The molecule has 0 saturated heterocycles. The van der Waals surface area contributed by atoms with Gasteiger partial charge in [0.1, 0.15) is 11.6 Å². The molecule has 0 fully saturated rings. The molecule has 1 unspecified atom stereocenters. The largest absolute Gasteiger partial charge is 0.465 e. The zero-order valence-electron chi connectivity index (χ0n) is 27.7. The topological polar surface area (TPSA) is 138 Å². The van der Waals surface area contributed by atoms with Gasteiger partial charge in [0.05, 0.1) is 22.3 Å². The molecular formula is C37H36ClFN4O7. The lowest BCUT2D eigenvalue weighted by Crippen LogP contribution is -2.49. The van der Waals surface area contributed by atoms with Crippen molar-refractivity contribution in [3.05, 3.63) is 111 Å². The summed E-state index contributed by atoms with van der Waals surface area (Å²) in [6.07, 6.45) is 2.48. The molecule has 3 aromatic rings. The fourth-order valence-electron chi connectivity index (χ4n) is 6.48. The number of oxime groups is 1. The Kier molecular flexibility index (Phi) is 9.66. The van der Waals surface area contributed by atoms with Gasteiger partial charge < -0.3 is 24.9 Å². The Bertz CT molecular complexity index is 1910. The molecule has 13 heteroatoms. The lowest BCUT2D eigenvalue weighted by atomic mass is 9.84. The molecule has 0 aromatic heterocycles. The second-order valence-corrected chi connectivity index (χ2v) is 13.7. The first-order valence-corrected chi connectivity index (χ1v) is 16.6. The highest BCUT2D eigenvalue weighted by Crippen LogP contribution is 2.39. The van der Waals surface area contributed by atoms with E-state index in [4.69, 9.17) is 21.2 Å². The standard InChI is InChI=1S/C37H36ClFN4O7/c1-37(2,3)49-35(46)21-13-15-22(16-14-21)40-33(44)32-25-9-6-8-24(29-12-4-5-18-42(29)36(47)48)23(25)17-19-43(32)34(45)30-20-28(41-50-30)26-10-7-11-27(38)31(26)39/h4,6-16,29-30,32H,5,17-20H2,1-3H3,(H,40,44)(H,47,48)/t29?,30-,32+/m1/s1. The lowest BCUT2D eigenvalue weighted by Gasteiger charge is -2.39. The summed E-state index contributed by atoms with van der Waals surface area (Å²) in [5.74, 6) is -2.24. The van der Waals surface area contributed by atoms with E-state index in [9.17, 15) is 28.7 Å². The van der Waals surface area contributed by atoms with E-state index in [1.165, 1.54) is 34.1 Å². The van der Waals surface area contributed by atoms with Gasteiger partial charge in [-0.1, -0.05) is 53.2 Å². The second-order valence-electron chi connectivity index (χ2n) is 13.2. The molecule has 0 saturated carbocycles. The van der Waals surface area contributed by atoms with E-state index < -0.39 is 53.5 Å². The van der Waals surface area contributed by atoms with Crippen molar-refractivity contribution in [2.24, 2.45) is 5.16 Å². The number of hydrogen-bond acceptors (Lipinski definition) is 7. The number of anilines is 1. The van der Waals surface area contributed by atoms with Crippen molar-refractivity contribution in [1.29, 1.82) is 0 Å². The molecule has 0 spiro atoms. The minimum absolute atomic E-state index is 0.0413. The minimum Gasteiger partial charge on any atom is -0.465 e. The first kappa shape index (κ1) is 34.6. The van der Waals surface area contributed by atoms with Crippen LogP contribution in [0.3, 0.4) is 0 Å². The quantitative estimate of drug-likeness (QED) is 0.216. The average Bonchev–Trinajstić information content (AvgIpc) is 3.58. The SMILES string of the molecule is CC(C)(C)OC(=O)c1ccc(NC(=O)[C@@H]2c3cccc(C4C=CCCN4C(=O)O)c3CCN2C(=O)[C@H]2CC(c3cccc(Cl)c3F)=NO2)cc1. The van der Waals surface area contributed by atoms with Crippen LogP contribution in [0.15, 0.2) is 78.0 Å². The number of nitrogens with zero attached hydrogens (tertiary/aromatic N) is 3. The van der Waals surface area contributed by atoms with Gasteiger partial charge in [-0.3, -0.25) is 14.5 Å². The molecule has 3 heterocycles. The number of amides is 3. The number of fused-ring (bicyclic) bond motifs is 1. The molecule has 6 rings (SSSR count). The number of carbonyl (C=O) groups excluding carboxylic acids is 3. The zero-order chi connectivity index (χ0) is 35.7. The van der Waals surface area contributed by atoms with Gasteiger partial charge in [-0.15, -0.1) is 0 Å². The Hall–Kier alpha value is -5.23. The molecule has 2 N–H and O–H groups in total. The maximum absolute atomic E-state index is 14.8. The van der Waals surface area contributed by atoms with E-state index in [0.717, 1.165) is 11.1 Å². The highest BCUT2D eigenvalue weighted by Gasteiger charge is 2.43. The van der Waals surface area contributed by atoms with Crippen molar-refractivity contribution in [3.63, 3.8) is 0 Å². The van der Waals surface area contributed by atoms with Crippen LogP contribution in [0.2, 0.25) is 5.02 Å². The molecule has 0 radical (unpaired) electrons. The van der Waals surface area contributed by atoms with Crippen molar-refractivity contribution < 1.29 is 38.2 Å². The van der Waals surface area contributed by atoms with Gasteiger partial charge in [0, 0.05) is 30.8 Å². The number of rotatable bonds is 6. The maximum Gasteiger partial charge on any atom is 0.408 e. The highest BCUT2D eigenvalue weighted by molar-refractivity contribution is 6.31. The van der Waals surface area contributed by atoms with Crippen molar-refractivity contribution in [3.8, 4) is 0 Å². The van der Waals surface area contributed by atoms with Crippen LogP contribution in [0.4, 0.5) is 14.9 Å². The fourth-order valence-corrected chi connectivity index (χ4v) is 6.65. The smallest absolute Gasteiger partial charge is 0.408 e. The van der Waals surface area contributed by atoms with Gasteiger partial charge in [-0.25, -0.2) is 14.0 Å². The van der Waals surface area contributed by atoms with Gasteiger partial charge in [0.15, 0.2) is 5.82 Å². The van der Waals surface area contributed by atoms with Crippen LogP contribution in [0, 0.1) is 5.82 Å². The molecule has 11 nitrogen and oxygen atoms in total. The van der Waals surface area contributed by atoms with E-state index in [0.29, 0.717) is 36.2 Å². The summed E-state index contributed by atoms with van der Waals surface area (Å²) in [6, 6.07) is 14.3. The number of benzene rings is 3. The van der Waals surface area contributed by atoms with Crippen molar-refractivity contribution in [2.75, 3.05) is 18.4 Å². The normalized spacial score (nSPS) is 20.0. The van der Waals surface area contributed by atoms with Crippen LogP contribution >= 0.6 is 11.6 Å². The van der Waals surface area contributed by atoms with Gasteiger partial charge in [0.25, 0.3) is 11.8 Å². The van der Waals surface area contributed by atoms with E-state index in [2.05, 4.69) is 10.5 Å². The fraction of sp³-hybridized carbons (Fsp3) is 0.324. The van der Waals surface area contributed by atoms with Crippen molar-refractivity contribution >= 4 is 46.9 Å². The molecule has 3 atom stereocenters. The minimum atomic E-state index is -1.14. The van der Waals surface area contributed by atoms with Crippen LogP contribution in [0.5, 0.6) is 0 Å². The van der Waals surface area contributed by atoms with E-state index in [1.807, 2.05) is 18.2 Å². The monoisotopic (exact) mass is 702 g/mol. The zero-order valence-corrected chi connectivity index (χ0v) is 28.4. The Balaban J connectivity index is 1.31. The van der Waals surface area contributed by atoms with Gasteiger partial charge in [-0.2, -0.15) is 0 Å². The van der Waals surface area contributed by atoms with Crippen LogP contribution in [0.1, 0.15) is 78.3 Å². The maximum atomic E-state index is 14.8. The summed E-state index contributed by atoms with van der Waals surface area (Å²) in [6.45, 7) is 5.74. The Morgan fingerprint density at radius 2 is 1.72 bits per heavy atom. The van der Waals surface area contributed by atoms with E-state index in [1.54, 1.807) is 51.1 Å². The highest BCUT2D eigenvalue weighted by atomic mass is 35.5. The molecule has 3 aliphatic heterocycles. The number of carbonyl (C=O) groups is 4. The Morgan fingerprint density at radius 1 is 1.00 bits per heavy atom. The predicted octanol–water partition coefficient (Wildman–Crippen LogP) is 6.67. The summed E-state index contributed by atoms with van der Waals surface area (Å²) in [4.78, 5) is 61.4. The van der Waals surface area contributed by atoms with Gasteiger partial charge >= 0.3 is 12.1 Å². The van der Waals surface area contributed by atoms with Crippen LogP contribution in [0.25, 0.3) is 0 Å². The third-order valence-corrected chi connectivity index (χ3v) is 9.03. The molecule has 3 amide bonds. The number of hydrogen-bond donors (Lipinski definition) is 2. The molecule has 0 aliphatic carbocycles. The first-order valence-electron chi connectivity index (χ1n) is 16.2. The number of ether oxygens (including phenoxy) is 1. The summed E-state index contributed by atoms with van der Waals surface area (Å²) >= 11 is 5.97. The summed E-state index contributed by atoms with van der Waals surface area (Å²) in [5.41, 5.74) is 2.37. The lowest BCUT2D eigenvalue weighted by molar-refractivity contribution is -0.148. The second kappa shape index (κ2) is 13.9. The number of halogens is 2. The molecule has 0 bridgehead atoms. The Labute approximate surface area is 293 Å². The molecule has 50 heavy (non-hydrogen) atoms. The number of esters is 1. The van der Waals surface area contributed by atoms with Crippen LogP contribution in [-0.4, -0.2) is 69.3 Å². The number of carboxylic acid groups (broad SMARTS) is 1. The van der Waals surface area contributed by atoms with E-state index >= 15 is 0 Å². The Morgan fingerprint density at radius 3 is 2.44 bits per heavy atom. The molecule has 3 aromatic carbocycles. The average molecular weight is 703 g/mol. The van der Waals surface area contributed by atoms with Crippen LogP contribution in [-0.2, 0) is 25.6 Å².